The van der Waals surface area contributed by atoms with Crippen LogP contribution in [0, 0.1) is 19.7 Å². The monoisotopic (exact) mass is 453 g/mol. The number of benzene rings is 1. The molecular weight excluding hydrogens is 437 g/mol. The van der Waals surface area contributed by atoms with Gasteiger partial charge in [0.05, 0.1) is 34.3 Å². The van der Waals surface area contributed by atoms with Gasteiger partial charge in [-0.15, -0.1) is 0 Å². The molecule has 0 atom stereocenters. The van der Waals surface area contributed by atoms with E-state index in [9.17, 15) is 9.18 Å². The number of nitrogens with zero attached hydrogens (tertiary/aromatic N) is 4. The molecule has 1 N–H and O–H groups in total. The SMILES string of the molecule is Cc1nn(Cc2ccc(F)cc2Cl)c(C)c1NC(=O)CCn1cc(Br)cn1. The molecule has 0 fully saturated rings. The van der Waals surface area contributed by atoms with Gasteiger partial charge in [0, 0.05) is 24.2 Å². The van der Waals surface area contributed by atoms with Crippen molar-refractivity contribution in [1.29, 1.82) is 0 Å². The Hall–Kier alpha value is -2.19. The lowest BCUT2D eigenvalue weighted by Gasteiger charge is -2.09. The summed E-state index contributed by atoms with van der Waals surface area (Å²) in [6, 6.07) is 4.27. The number of carbonyl (C=O) groups is 1. The molecule has 0 aliphatic carbocycles. The van der Waals surface area contributed by atoms with Crippen LogP contribution in [0.15, 0.2) is 35.1 Å². The van der Waals surface area contributed by atoms with Crippen molar-refractivity contribution < 1.29 is 9.18 Å². The second kappa shape index (κ2) is 8.22. The molecular formula is C18H18BrClFN5O. The van der Waals surface area contributed by atoms with Crippen molar-refractivity contribution in [3.05, 3.63) is 62.9 Å². The standard InChI is InChI=1S/C18H18BrClFN5O/c1-11-18(23-17(27)5-6-25-10-14(19)8-22-25)12(2)26(24-11)9-13-3-4-15(21)7-16(13)20/h3-4,7-8,10H,5-6,9H2,1-2H3,(H,23,27). The molecule has 0 bridgehead atoms. The fourth-order valence-corrected chi connectivity index (χ4v) is 3.28. The van der Waals surface area contributed by atoms with Crippen molar-refractivity contribution in [2.75, 3.05) is 5.32 Å². The van der Waals surface area contributed by atoms with Gasteiger partial charge in [0.15, 0.2) is 0 Å². The van der Waals surface area contributed by atoms with Gasteiger partial charge in [-0.25, -0.2) is 4.39 Å². The van der Waals surface area contributed by atoms with E-state index in [0.717, 1.165) is 15.7 Å². The molecule has 1 amide bonds. The first-order valence-corrected chi connectivity index (χ1v) is 9.46. The maximum atomic E-state index is 13.2. The Bertz CT molecular complexity index is 984. The third-order valence-corrected chi connectivity index (χ3v) is 4.91. The highest BCUT2D eigenvalue weighted by atomic mass is 79.9. The first-order chi connectivity index (χ1) is 12.8. The molecule has 0 saturated carbocycles. The smallest absolute Gasteiger partial charge is 0.226 e. The highest BCUT2D eigenvalue weighted by Gasteiger charge is 2.15. The van der Waals surface area contributed by atoms with E-state index < -0.39 is 0 Å². The minimum Gasteiger partial charge on any atom is -0.323 e. The second-order valence-corrected chi connectivity index (χ2v) is 7.48. The second-order valence-electron chi connectivity index (χ2n) is 6.16. The molecule has 1 aromatic carbocycles. The highest BCUT2D eigenvalue weighted by molar-refractivity contribution is 9.10. The highest BCUT2D eigenvalue weighted by Crippen LogP contribution is 2.23. The quantitative estimate of drug-likeness (QED) is 0.603. The van der Waals surface area contributed by atoms with E-state index in [1.807, 2.05) is 20.0 Å². The first-order valence-electron chi connectivity index (χ1n) is 8.29. The summed E-state index contributed by atoms with van der Waals surface area (Å²) in [6.07, 6.45) is 3.78. The van der Waals surface area contributed by atoms with Gasteiger partial charge in [-0.05, 0) is 47.5 Å². The van der Waals surface area contributed by atoms with Crippen LogP contribution in [0.3, 0.4) is 0 Å². The van der Waals surface area contributed by atoms with Crippen LogP contribution < -0.4 is 5.32 Å². The lowest BCUT2D eigenvalue weighted by Crippen LogP contribution is -2.15. The van der Waals surface area contributed by atoms with Crippen molar-refractivity contribution in [3.63, 3.8) is 0 Å². The molecule has 0 radical (unpaired) electrons. The van der Waals surface area contributed by atoms with Gasteiger partial charge < -0.3 is 5.32 Å². The summed E-state index contributed by atoms with van der Waals surface area (Å²) in [4.78, 5) is 12.3. The lowest BCUT2D eigenvalue weighted by molar-refractivity contribution is -0.116. The molecule has 0 aliphatic rings. The predicted molar refractivity (Wildman–Crippen MR) is 105 cm³/mol. The molecule has 0 unspecified atom stereocenters. The molecule has 2 aromatic heterocycles. The predicted octanol–water partition coefficient (Wildman–Crippen LogP) is 4.33. The van der Waals surface area contributed by atoms with E-state index in [2.05, 4.69) is 31.4 Å². The molecule has 27 heavy (non-hydrogen) atoms. The Labute approximate surface area is 169 Å². The topological polar surface area (TPSA) is 64.7 Å². The minimum atomic E-state index is -0.380. The van der Waals surface area contributed by atoms with Gasteiger partial charge >= 0.3 is 0 Å². The van der Waals surface area contributed by atoms with Crippen LogP contribution in [-0.4, -0.2) is 25.5 Å². The van der Waals surface area contributed by atoms with Gasteiger partial charge in [-0.2, -0.15) is 10.2 Å². The summed E-state index contributed by atoms with van der Waals surface area (Å²) < 4.78 is 17.5. The number of aryl methyl sites for hydroxylation is 2. The normalized spacial score (nSPS) is 11.0. The average Bonchev–Trinajstić information content (AvgIpc) is 3.14. The fourth-order valence-electron chi connectivity index (χ4n) is 2.72. The van der Waals surface area contributed by atoms with Gasteiger partial charge in [-0.1, -0.05) is 17.7 Å². The number of amides is 1. The van der Waals surface area contributed by atoms with Crippen LogP contribution in [0.2, 0.25) is 5.02 Å². The third kappa shape index (κ3) is 4.75. The number of carbonyl (C=O) groups excluding carboxylic acids is 1. The molecule has 3 aromatic rings. The Morgan fingerprint density at radius 2 is 2.15 bits per heavy atom. The zero-order valence-electron chi connectivity index (χ0n) is 14.8. The van der Waals surface area contributed by atoms with Crippen LogP contribution in [0.1, 0.15) is 23.4 Å². The molecule has 142 valence electrons. The summed E-state index contributed by atoms with van der Waals surface area (Å²) in [7, 11) is 0. The van der Waals surface area contributed by atoms with Crippen LogP contribution >= 0.6 is 27.5 Å². The number of nitrogens with one attached hydrogen (secondary N) is 1. The first kappa shape index (κ1) is 19.6. The van der Waals surface area contributed by atoms with Crippen molar-refractivity contribution >= 4 is 39.1 Å². The van der Waals surface area contributed by atoms with E-state index in [4.69, 9.17) is 11.6 Å². The number of anilines is 1. The van der Waals surface area contributed by atoms with E-state index >= 15 is 0 Å². The molecule has 9 heteroatoms. The van der Waals surface area contributed by atoms with Gasteiger partial charge in [0.2, 0.25) is 5.91 Å². The Kier molecular flexibility index (Phi) is 5.96. The number of halogens is 3. The van der Waals surface area contributed by atoms with Crippen molar-refractivity contribution in [1.82, 2.24) is 19.6 Å². The van der Waals surface area contributed by atoms with Gasteiger partial charge in [0.25, 0.3) is 0 Å². The number of aromatic nitrogens is 4. The van der Waals surface area contributed by atoms with Gasteiger partial charge in [0.1, 0.15) is 5.82 Å². The summed E-state index contributed by atoms with van der Waals surface area (Å²) in [5.74, 6) is -0.499. The fraction of sp³-hybridized carbons (Fsp3) is 0.278. The van der Waals surface area contributed by atoms with Crippen LogP contribution in [0.5, 0.6) is 0 Å². The van der Waals surface area contributed by atoms with E-state index in [0.29, 0.717) is 35.9 Å². The number of hydrogen-bond acceptors (Lipinski definition) is 3. The molecule has 2 heterocycles. The van der Waals surface area contributed by atoms with Crippen LogP contribution in [-0.2, 0) is 17.9 Å². The minimum absolute atomic E-state index is 0.118. The lowest BCUT2D eigenvalue weighted by atomic mass is 10.2. The van der Waals surface area contributed by atoms with Gasteiger partial charge in [-0.3, -0.25) is 14.2 Å². The molecule has 3 rings (SSSR count). The largest absolute Gasteiger partial charge is 0.323 e. The maximum Gasteiger partial charge on any atom is 0.226 e. The summed E-state index contributed by atoms with van der Waals surface area (Å²) in [5, 5.41) is 11.9. The number of rotatable bonds is 6. The zero-order valence-corrected chi connectivity index (χ0v) is 17.2. The summed E-state index contributed by atoms with van der Waals surface area (Å²) >= 11 is 9.43. The molecule has 0 saturated heterocycles. The molecule has 0 aliphatic heterocycles. The maximum absolute atomic E-state index is 13.2. The summed E-state index contributed by atoms with van der Waals surface area (Å²) in [6.45, 7) is 4.57. The van der Waals surface area contributed by atoms with E-state index in [1.165, 1.54) is 12.1 Å². The van der Waals surface area contributed by atoms with Crippen molar-refractivity contribution in [2.45, 2.75) is 33.4 Å². The average molecular weight is 455 g/mol. The summed E-state index contributed by atoms with van der Waals surface area (Å²) in [5.41, 5.74) is 2.95. The molecule has 6 nitrogen and oxygen atoms in total. The van der Waals surface area contributed by atoms with Crippen LogP contribution in [0.4, 0.5) is 10.1 Å². The molecule has 0 spiro atoms. The zero-order chi connectivity index (χ0) is 19.6. The third-order valence-electron chi connectivity index (χ3n) is 4.15. The Balaban J connectivity index is 1.68. The Morgan fingerprint density at radius 1 is 1.37 bits per heavy atom. The van der Waals surface area contributed by atoms with E-state index in [-0.39, 0.29) is 11.7 Å². The van der Waals surface area contributed by atoms with E-state index in [1.54, 1.807) is 21.6 Å². The Morgan fingerprint density at radius 3 is 2.81 bits per heavy atom. The van der Waals surface area contributed by atoms with Crippen LogP contribution in [0.25, 0.3) is 0 Å². The number of hydrogen-bond donors (Lipinski definition) is 1. The van der Waals surface area contributed by atoms with Crippen molar-refractivity contribution in [3.8, 4) is 0 Å². The van der Waals surface area contributed by atoms with Crippen molar-refractivity contribution in [2.24, 2.45) is 0 Å².